The summed E-state index contributed by atoms with van der Waals surface area (Å²) in [6, 6.07) is 6.22. The summed E-state index contributed by atoms with van der Waals surface area (Å²) in [5.41, 5.74) is 5.33. The summed E-state index contributed by atoms with van der Waals surface area (Å²) in [5.74, 6) is -1.13. The summed E-state index contributed by atoms with van der Waals surface area (Å²) in [6.07, 6.45) is 1.29. The first-order valence-corrected chi connectivity index (χ1v) is 7.43. The number of nitrogens with zero attached hydrogens (tertiary/aromatic N) is 1. The van der Waals surface area contributed by atoms with Gasteiger partial charge >= 0.3 is 5.97 Å². The van der Waals surface area contributed by atoms with E-state index in [-0.39, 0.29) is 22.0 Å². The van der Waals surface area contributed by atoms with Gasteiger partial charge in [-0.05, 0) is 30.3 Å². The highest BCUT2D eigenvalue weighted by Gasteiger charge is 2.19. The first kappa shape index (κ1) is 15.1. The van der Waals surface area contributed by atoms with Crippen molar-refractivity contribution in [3.63, 3.8) is 0 Å². The summed E-state index contributed by atoms with van der Waals surface area (Å²) in [5, 5.41) is 9.19. The molecule has 0 aliphatic carbocycles. The maximum Gasteiger partial charge on any atom is 0.335 e. The molecular formula is C12H10ClN3O4S. The Morgan fingerprint density at radius 1 is 1.29 bits per heavy atom. The molecule has 0 aliphatic rings. The van der Waals surface area contributed by atoms with Gasteiger partial charge in [-0.2, -0.15) is 0 Å². The minimum Gasteiger partial charge on any atom is -0.478 e. The van der Waals surface area contributed by atoms with Gasteiger partial charge in [0.1, 0.15) is 10.7 Å². The number of pyridine rings is 1. The summed E-state index contributed by atoms with van der Waals surface area (Å²) in [4.78, 5) is 14.4. The molecule has 0 saturated carbocycles. The van der Waals surface area contributed by atoms with E-state index in [1.807, 2.05) is 0 Å². The third-order valence-corrected chi connectivity index (χ3v) is 4.16. The Hall–Kier alpha value is -2.32. The van der Waals surface area contributed by atoms with Crippen LogP contribution in [0, 0.1) is 0 Å². The number of carboxylic acid groups (broad SMARTS) is 1. The largest absolute Gasteiger partial charge is 0.478 e. The van der Waals surface area contributed by atoms with Gasteiger partial charge in [-0.1, -0.05) is 11.6 Å². The van der Waals surface area contributed by atoms with E-state index in [2.05, 4.69) is 9.71 Å². The van der Waals surface area contributed by atoms with Crippen LogP contribution in [-0.4, -0.2) is 24.5 Å². The Balaban J connectivity index is 2.35. The molecule has 0 amide bonds. The minimum absolute atomic E-state index is 0.0705. The highest BCUT2D eigenvalue weighted by molar-refractivity contribution is 7.92. The number of aromatic nitrogens is 1. The van der Waals surface area contributed by atoms with Crippen molar-refractivity contribution in [1.82, 2.24) is 4.98 Å². The predicted molar refractivity (Wildman–Crippen MR) is 77.9 cm³/mol. The van der Waals surface area contributed by atoms with Gasteiger partial charge in [-0.15, -0.1) is 0 Å². The lowest BCUT2D eigenvalue weighted by atomic mass is 10.2. The van der Waals surface area contributed by atoms with Gasteiger partial charge in [-0.25, -0.2) is 18.2 Å². The van der Waals surface area contributed by atoms with E-state index in [1.165, 1.54) is 18.3 Å². The first-order chi connectivity index (χ1) is 9.79. The van der Waals surface area contributed by atoms with Crippen LogP contribution in [0.1, 0.15) is 10.4 Å². The number of benzene rings is 1. The number of rotatable bonds is 4. The van der Waals surface area contributed by atoms with Crippen LogP contribution in [0.2, 0.25) is 5.02 Å². The second-order valence-electron chi connectivity index (χ2n) is 4.02. The van der Waals surface area contributed by atoms with E-state index >= 15 is 0 Å². The average molecular weight is 328 g/mol. The van der Waals surface area contributed by atoms with Gasteiger partial charge in [0.15, 0.2) is 0 Å². The molecule has 0 aliphatic heterocycles. The van der Waals surface area contributed by atoms with Crippen LogP contribution < -0.4 is 10.5 Å². The third-order valence-electron chi connectivity index (χ3n) is 2.51. The molecule has 0 radical (unpaired) electrons. The average Bonchev–Trinajstić information content (AvgIpc) is 2.40. The summed E-state index contributed by atoms with van der Waals surface area (Å²) in [6.45, 7) is 0. The molecule has 0 spiro atoms. The van der Waals surface area contributed by atoms with Gasteiger partial charge in [0.25, 0.3) is 10.0 Å². The third kappa shape index (κ3) is 3.41. The normalized spacial score (nSPS) is 11.1. The van der Waals surface area contributed by atoms with Crippen LogP contribution in [0.4, 0.5) is 11.5 Å². The van der Waals surface area contributed by atoms with Crippen LogP contribution in [0.3, 0.4) is 0 Å². The van der Waals surface area contributed by atoms with Crippen molar-refractivity contribution in [1.29, 1.82) is 0 Å². The molecule has 1 aromatic carbocycles. The zero-order valence-electron chi connectivity index (χ0n) is 10.4. The molecule has 9 heteroatoms. The van der Waals surface area contributed by atoms with Crippen molar-refractivity contribution in [2.24, 2.45) is 0 Å². The molecule has 21 heavy (non-hydrogen) atoms. The summed E-state index contributed by atoms with van der Waals surface area (Å²) < 4.78 is 26.6. The molecule has 0 atom stereocenters. The monoisotopic (exact) mass is 327 g/mol. The number of sulfonamides is 1. The molecular weight excluding hydrogens is 318 g/mol. The number of aromatic carboxylic acids is 1. The highest BCUT2D eigenvalue weighted by Crippen LogP contribution is 2.22. The Morgan fingerprint density at radius 2 is 2.00 bits per heavy atom. The fourth-order valence-electron chi connectivity index (χ4n) is 1.56. The smallest absolute Gasteiger partial charge is 0.335 e. The Kier molecular flexibility index (Phi) is 4.01. The van der Waals surface area contributed by atoms with Crippen LogP contribution >= 0.6 is 11.6 Å². The summed E-state index contributed by atoms with van der Waals surface area (Å²) >= 11 is 5.66. The van der Waals surface area contributed by atoms with Crippen molar-refractivity contribution >= 4 is 39.1 Å². The molecule has 2 aromatic rings. The minimum atomic E-state index is -3.97. The van der Waals surface area contributed by atoms with E-state index in [1.54, 1.807) is 0 Å². The molecule has 1 heterocycles. The van der Waals surface area contributed by atoms with Crippen LogP contribution in [0.5, 0.6) is 0 Å². The van der Waals surface area contributed by atoms with Crippen molar-refractivity contribution in [3.8, 4) is 0 Å². The lowest BCUT2D eigenvalue weighted by Gasteiger charge is -2.10. The van der Waals surface area contributed by atoms with Gasteiger partial charge in [0.05, 0.1) is 16.3 Å². The lowest BCUT2D eigenvalue weighted by Crippen LogP contribution is -2.16. The van der Waals surface area contributed by atoms with Gasteiger partial charge < -0.3 is 10.8 Å². The van der Waals surface area contributed by atoms with Gasteiger partial charge in [-0.3, -0.25) is 4.72 Å². The number of nitrogens with one attached hydrogen (secondary N) is 1. The number of hydrogen-bond donors (Lipinski definition) is 3. The molecule has 0 fully saturated rings. The van der Waals surface area contributed by atoms with Crippen molar-refractivity contribution in [2.45, 2.75) is 4.90 Å². The maximum absolute atomic E-state index is 12.2. The molecule has 4 N–H and O–H groups in total. The van der Waals surface area contributed by atoms with E-state index in [0.29, 0.717) is 5.02 Å². The van der Waals surface area contributed by atoms with Crippen LogP contribution in [-0.2, 0) is 10.0 Å². The van der Waals surface area contributed by atoms with Crippen molar-refractivity contribution in [3.05, 3.63) is 47.1 Å². The summed E-state index contributed by atoms with van der Waals surface area (Å²) in [7, 11) is -3.97. The second kappa shape index (κ2) is 5.58. The van der Waals surface area contributed by atoms with E-state index < -0.39 is 16.0 Å². The number of halogens is 1. The number of anilines is 2. The lowest BCUT2D eigenvalue weighted by molar-refractivity contribution is 0.0697. The van der Waals surface area contributed by atoms with E-state index in [4.69, 9.17) is 22.4 Å². The SMILES string of the molecule is Nc1cc(C(=O)O)ccc1S(=O)(=O)Nc1ccc(Cl)cn1. The molecule has 0 unspecified atom stereocenters. The Morgan fingerprint density at radius 3 is 2.52 bits per heavy atom. The molecule has 110 valence electrons. The number of carboxylic acids is 1. The van der Waals surface area contributed by atoms with Crippen molar-refractivity contribution in [2.75, 3.05) is 10.5 Å². The quantitative estimate of drug-likeness (QED) is 0.736. The van der Waals surface area contributed by atoms with Gasteiger partial charge in [0.2, 0.25) is 0 Å². The molecule has 2 rings (SSSR count). The standard InChI is InChI=1S/C12H10ClN3O4S/c13-8-2-4-11(15-6-8)16-21(19,20)10-3-1-7(12(17)18)5-9(10)14/h1-6H,14H2,(H,15,16)(H,17,18). The first-order valence-electron chi connectivity index (χ1n) is 5.57. The molecule has 0 bridgehead atoms. The molecule has 1 aromatic heterocycles. The highest BCUT2D eigenvalue weighted by atomic mass is 35.5. The molecule has 0 saturated heterocycles. The predicted octanol–water partition coefficient (Wildman–Crippen LogP) is 1.82. The van der Waals surface area contributed by atoms with E-state index in [0.717, 1.165) is 18.2 Å². The fourth-order valence-corrected chi connectivity index (χ4v) is 2.79. The van der Waals surface area contributed by atoms with Crippen LogP contribution in [0.25, 0.3) is 0 Å². The fraction of sp³-hybridized carbons (Fsp3) is 0. The number of hydrogen-bond acceptors (Lipinski definition) is 5. The number of carbonyl (C=O) groups is 1. The Bertz CT molecular complexity index is 791. The maximum atomic E-state index is 12.2. The zero-order chi connectivity index (χ0) is 15.6. The van der Waals surface area contributed by atoms with Crippen LogP contribution in [0.15, 0.2) is 41.4 Å². The number of nitrogen functional groups attached to an aromatic ring is 1. The zero-order valence-corrected chi connectivity index (χ0v) is 12.0. The second-order valence-corrected chi connectivity index (χ2v) is 6.11. The topological polar surface area (TPSA) is 122 Å². The van der Waals surface area contributed by atoms with Gasteiger partial charge in [0, 0.05) is 6.20 Å². The number of nitrogens with two attached hydrogens (primary N) is 1. The molecule has 7 nitrogen and oxygen atoms in total. The van der Waals surface area contributed by atoms with E-state index in [9.17, 15) is 13.2 Å². The Labute approximate surface area is 125 Å². The van der Waals surface area contributed by atoms with Crippen molar-refractivity contribution < 1.29 is 18.3 Å².